The molecule has 1 atom stereocenters. The Morgan fingerprint density at radius 3 is 2.35 bits per heavy atom. The van der Waals surface area contributed by atoms with E-state index >= 15 is 0 Å². The van der Waals surface area contributed by atoms with Gasteiger partial charge in [-0.05, 0) is 74.5 Å². The molecule has 1 unspecified atom stereocenters. The predicted octanol–water partition coefficient (Wildman–Crippen LogP) is 7.40. The van der Waals surface area contributed by atoms with Crippen LogP contribution in [0.3, 0.4) is 0 Å². The van der Waals surface area contributed by atoms with Crippen LogP contribution in [-0.4, -0.2) is 19.7 Å². The molecule has 26 heavy (non-hydrogen) atoms. The molecule has 0 bridgehead atoms. The second kappa shape index (κ2) is 10.3. The van der Waals surface area contributed by atoms with Gasteiger partial charge in [-0.2, -0.15) is 0 Å². The number of carbonyl (C=O) groups excluding carboxylic acids is 1. The Morgan fingerprint density at radius 1 is 1.12 bits per heavy atom. The highest BCUT2D eigenvalue weighted by molar-refractivity contribution is 9.11. The summed E-state index contributed by atoms with van der Waals surface area (Å²) in [6.45, 7) is 0.442. The van der Waals surface area contributed by atoms with Crippen LogP contribution in [-0.2, 0) is 9.53 Å². The second-order valence-corrected chi connectivity index (χ2v) is 8.90. The summed E-state index contributed by atoms with van der Waals surface area (Å²) in [5, 5.41) is 0.975. The molecule has 0 spiro atoms. The number of esters is 1. The summed E-state index contributed by atoms with van der Waals surface area (Å²) in [5.74, 6) is -0.0854. The highest BCUT2D eigenvalue weighted by Gasteiger charge is 2.23. The van der Waals surface area contributed by atoms with Crippen molar-refractivity contribution in [2.75, 3.05) is 13.7 Å². The monoisotopic (exact) mass is 586 g/mol. The van der Waals surface area contributed by atoms with E-state index in [0.29, 0.717) is 40.8 Å². The van der Waals surface area contributed by atoms with Gasteiger partial charge >= 0.3 is 5.97 Å². The number of halogens is 5. The van der Waals surface area contributed by atoms with E-state index in [1.54, 1.807) is 18.2 Å². The molecule has 0 N–H and O–H groups in total. The van der Waals surface area contributed by atoms with Gasteiger partial charge in [0.05, 0.1) is 28.6 Å². The lowest BCUT2D eigenvalue weighted by Gasteiger charge is -2.17. The lowest BCUT2D eigenvalue weighted by molar-refractivity contribution is -0.142. The summed E-state index contributed by atoms with van der Waals surface area (Å²) < 4.78 is 13.4. The number of hydrogen-bond acceptors (Lipinski definition) is 3. The van der Waals surface area contributed by atoms with Crippen LogP contribution >= 0.6 is 71.0 Å². The van der Waals surface area contributed by atoms with Crippen molar-refractivity contribution in [3.8, 4) is 5.75 Å². The van der Waals surface area contributed by atoms with E-state index in [-0.39, 0.29) is 5.97 Å². The molecule has 2 rings (SSSR count). The molecule has 2 aromatic rings. The third-order valence-corrected chi connectivity index (χ3v) is 5.87. The normalized spacial score (nSPS) is 11.9. The van der Waals surface area contributed by atoms with Crippen molar-refractivity contribution in [2.45, 2.75) is 18.8 Å². The molecule has 0 saturated carbocycles. The fraction of sp³-hybridized carbons (Fsp3) is 0.278. The molecule has 0 aliphatic carbocycles. The fourth-order valence-electron chi connectivity index (χ4n) is 2.46. The highest BCUT2D eigenvalue weighted by Crippen LogP contribution is 2.37. The summed E-state index contributed by atoms with van der Waals surface area (Å²) in [6.07, 6.45) is 1.19. The van der Waals surface area contributed by atoms with Crippen LogP contribution in [0.15, 0.2) is 43.7 Å². The van der Waals surface area contributed by atoms with E-state index in [9.17, 15) is 4.79 Å². The number of carbonyl (C=O) groups is 1. The van der Waals surface area contributed by atoms with Crippen LogP contribution < -0.4 is 4.74 Å². The Morgan fingerprint density at radius 2 is 1.77 bits per heavy atom. The smallest absolute Gasteiger partial charge is 0.313 e. The summed E-state index contributed by atoms with van der Waals surface area (Å²) in [7, 11) is 1.37. The number of methoxy groups -OCH3 is 1. The number of rotatable bonds is 7. The Kier molecular flexibility index (Phi) is 8.74. The maximum Gasteiger partial charge on any atom is 0.313 e. The quantitative estimate of drug-likeness (QED) is 0.249. The first-order valence-corrected chi connectivity index (χ1v) is 10.8. The number of benzene rings is 2. The molecule has 0 saturated heterocycles. The van der Waals surface area contributed by atoms with Crippen molar-refractivity contribution < 1.29 is 14.3 Å². The SMILES string of the molecule is COC(=O)C(CCCOc1c(Br)cc(Br)cc1Br)c1ccc(Cl)cc1Cl. The van der Waals surface area contributed by atoms with Crippen LogP contribution in [0.4, 0.5) is 0 Å². The minimum absolute atomic E-state index is 0.333. The van der Waals surface area contributed by atoms with E-state index < -0.39 is 5.92 Å². The maximum absolute atomic E-state index is 12.2. The highest BCUT2D eigenvalue weighted by atomic mass is 79.9. The Hall–Kier alpha value is -0.270. The van der Waals surface area contributed by atoms with Gasteiger partial charge in [-0.15, -0.1) is 0 Å². The lowest BCUT2D eigenvalue weighted by Crippen LogP contribution is -2.16. The zero-order chi connectivity index (χ0) is 19.3. The third-order valence-electron chi connectivity index (χ3n) is 3.67. The fourth-order valence-corrected chi connectivity index (χ4v) is 5.48. The molecular formula is C18H15Br3Cl2O3. The van der Waals surface area contributed by atoms with Crippen LogP contribution in [0.5, 0.6) is 5.75 Å². The van der Waals surface area contributed by atoms with Crippen molar-refractivity contribution in [3.05, 3.63) is 59.4 Å². The van der Waals surface area contributed by atoms with Crippen molar-refractivity contribution >= 4 is 77.0 Å². The van der Waals surface area contributed by atoms with Crippen LogP contribution in [0.25, 0.3) is 0 Å². The van der Waals surface area contributed by atoms with Gasteiger partial charge < -0.3 is 9.47 Å². The molecule has 0 radical (unpaired) electrons. The van der Waals surface area contributed by atoms with Crippen molar-refractivity contribution in [2.24, 2.45) is 0 Å². The predicted molar refractivity (Wildman–Crippen MR) is 115 cm³/mol. The Bertz CT molecular complexity index is 776. The van der Waals surface area contributed by atoms with E-state index in [0.717, 1.165) is 13.4 Å². The Balaban J connectivity index is 2.03. The molecule has 0 heterocycles. The molecular weight excluding hydrogens is 575 g/mol. The van der Waals surface area contributed by atoms with Crippen molar-refractivity contribution in [1.29, 1.82) is 0 Å². The van der Waals surface area contributed by atoms with Gasteiger partial charge in [0, 0.05) is 14.5 Å². The summed E-state index contributed by atoms with van der Waals surface area (Å²) in [6, 6.07) is 8.91. The minimum Gasteiger partial charge on any atom is -0.491 e. The molecule has 3 nitrogen and oxygen atoms in total. The zero-order valence-corrected chi connectivity index (χ0v) is 20.0. The maximum atomic E-state index is 12.2. The summed E-state index contributed by atoms with van der Waals surface area (Å²) in [5.41, 5.74) is 0.703. The molecule has 8 heteroatoms. The average Bonchev–Trinajstić information content (AvgIpc) is 2.57. The van der Waals surface area contributed by atoms with Gasteiger partial charge in [0.1, 0.15) is 5.75 Å². The van der Waals surface area contributed by atoms with Crippen molar-refractivity contribution in [3.63, 3.8) is 0 Å². The van der Waals surface area contributed by atoms with Gasteiger partial charge in [0.25, 0.3) is 0 Å². The first kappa shape index (κ1) is 22.0. The molecule has 0 aliphatic heterocycles. The second-order valence-electron chi connectivity index (χ2n) is 5.43. The van der Waals surface area contributed by atoms with Gasteiger partial charge in [-0.3, -0.25) is 4.79 Å². The van der Waals surface area contributed by atoms with E-state index in [4.69, 9.17) is 32.7 Å². The van der Waals surface area contributed by atoms with E-state index in [1.807, 2.05) is 12.1 Å². The van der Waals surface area contributed by atoms with Crippen LogP contribution in [0, 0.1) is 0 Å². The summed E-state index contributed by atoms with van der Waals surface area (Å²) >= 11 is 22.6. The molecule has 2 aromatic carbocycles. The van der Waals surface area contributed by atoms with Crippen molar-refractivity contribution in [1.82, 2.24) is 0 Å². The molecule has 0 aliphatic rings. The molecule has 0 fully saturated rings. The standard InChI is InChI=1S/C18H15Br3Cl2O3/c1-25-18(24)13(12-5-4-11(22)9-16(12)23)3-2-6-26-17-14(20)7-10(19)8-15(17)21/h4-5,7-9,13H,2-3,6H2,1H3. The molecule has 0 amide bonds. The lowest BCUT2D eigenvalue weighted by atomic mass is 9.94. The first-order valence-electron chi connectivity index (χ1n) is 7.63. The van der Waals surface area contributed by atoms with Gasteiger partial charge in [-0.1, -0.05) is 45.2 Å². The zero-order valence-electron chi connectivity index (χ0n) is 13.7. The summed E-state index contributed by atoms with van der Waals surface area (Å²) in [4.78, 5) is 12.2. The van der Waals surface area contributed by atoms with Gasteiger partial charge in [-0.25, -0.2) is 0 Å². The van der Waals surface area contributed by atoms with E-state index in [2.05, 4.69) is 47.8 Å². The topological polar surface area (TPSA) is 35.5 Å². The Labute approximate surface area is 187 Å². The third kappa shape index (κ3) is 5.86. The molecule has 140 valence electrons. The van der Waals surface area contributed by atoms with Gasteiger partial charge in [0.15, 0.2) is 0 Å². The number of hydrogen-bond donors (Lipinski definition) is 0. The number of ether oxygens (including phenoxy) is 2. The molecule has 0 aromatic heterocycles. The van der Waals surface area contributed by atoms with Crippen LogP contribution in [0.2, 0.25) is 10.0 Å². The largest absolute Gasteiger partial charge is 0.491 e. The average molecular weight is 590 g/mol. The minimum atomic E-state index is -0.467. The van der Waals surface area contributed by atoms with Gasteiger partial charge in [0.2, 0.25) is 0 Å². The van der Waals surface area contributed by atoms with Crippen LogP contribution in [0.1, 0.15) is 24.3 Å². The first-order chi connectivity index (χ1) is 12.3. The van der Waals surface area contributed by atoms with E-state index in [1.165, 1.54) is 7.11 Å².